The van der Waals surface area contributed by atoms with Crippen LogP contribution in [0.15, 0.2) is 24.3 Å². The van der Waals surface area contributed by atoms with Gasteiger partial charge in [-0.25, -0.2) is 20.4 Å². The van der Waals surface area contributed by atoms with Crippen LogP contribution in [0.4, 0.5) is 0 Å². The van der Waals surface area contributed by atoms with E-state index >= 15 is 0 Å². The lowest BCUT2D eigenvalue weighted by Gasteiger charge is -1.89. The van der Waals surface area contributed by atoms with Crippen molar-refractivity contribution in [3.63, 3.8) is 0 Å². The number of halogens is 1. The molecule has 0 atom stereocenters. The highest BCUT2D eigenvalue weighted by Gasteiger charge is 1.89. The molecule has 3 N–H and O–H groups in total. The summed E-state index contributed by atoms with van der Waals surface area (Å²) in [5.74, 6) is 0.133. The van der Waals surface area contributed by atoms with Crippen molar-refractivity contribution < 1.29 is 14.7 Å². The third-order valence-corrected chi connectivity index (χ3v) is 1.17. The summed E-state index contributed by atoms with van der Waals surface area (Å²) >= 11 is 5.46. The standard InChI is InChI=1S/C6H5ClO.2CHNO/c7-5-3-1-2-4-6(5)8;2*2-1-3/h1-4,8H;2*2H. The highest BCUT2D eigenvalue weighted by molar-refractivity contribution is 6.31. The molecule has 0 saturated heterocycles. The number of para-hydroxylation sites is 1. The van der Waals surface area contributed by atoms with E-state index in [9.17, 15) is 0 Å². The molecule has 0 aromatic heterocycles. The van der Waals surface area contributed by atoms with Crippen molar-refractivity contribution in [1.29, 1.82) is 10.8 Å². The smallest absolute Gasteiger partial charge is 0.231 e. The average Bonchev–Trinajstić information content (AvgIpc) is 2.13. The van der Waals surface area contributed by atoms with Crippen LogP contribution >= 0.6 is 11.6 Å². The molecule has 0 aliphatic rings. The fourth-order valence-corrected chi connectivity index (χ4v) is 0.587. The summed E-state index contributed by atoms with van der Waals surface area (Å²) in [6.45, 7) is 0. The van der Waals surface area contributed by atoms with E-state index in [-0.39, 0.29) is 5.75 Å². The number of isocyanates is 2. The Morgan fingerprint density at radius 2 is 1.50 bits per heavy atom. The summed E-state index contributed by atoms with van der Waals surface area (Å²) < 4.78 is 0. The maximum absolute atomic E-state index is 8.79. The number of nitrogens with one attached hydrogen (secondary N) is 2. The van der Waals surface area contributed by atoms with Gasteiger partial charge in [-0.3, -0.25) is 0 Å². The highest BCUT2D eigenvalue weighted by Crippen LogP contribution is 2.20. The number of benzene rings is 1. The quantitative estimate of drug-likeness (QED) is 0.454. The van der Waals surface area contributed by atoms with Gasteiger partial charge in [-0.05, 0) is 12.1 Å². The molecular weight excluding hydrogens is 208 g/mol. The monoisotopic (exact) mass is 214 g/mol. The third kappa shape index (κ3) is 10.1. The zero-order valence-electron chi connectivity index (χ0n) is 6.95. The number of phenols is 1. The molecule has 0 amide bonds. The molecule has 0 radical (unpaired) electrons. The number of rotatable bonds is 0. The molecule has 74 valence electrons. The summed E-state index contributed by atoms with van der Waals surface area (Å²) in [6.07, 6.45) is 1.50. The van der Waals surface area contributed by atoms with E-state index in [1.807, 2.05) is 0 Å². The van der Waals surface area contributed by atoms with E-state index in [1.54, 1.807) is 24.3 Å². The minimum absolute atomic E-state index is 0.133. The van der Waals surface area contributed by atoms with Crippen LogP contribution in [0, 0.1) is 10.8 Å². The van der Waals surface area contributed by atoms with Crippen molar-refractivity contribution in [2.45, 2.75) is 0 Å². The Morgan fingerprint density at radius 3 is 1.71 bits per heavy atom. The van der Waals surface area contributed by atoms with Gasteiger partial charge in [0.1, 0.15) is 5.75 Å². The summed E-state index contributed by atoms with van der Waals surface area (Å²) in [5.41, 5.74) is 0. The summed E-state index contributed by atoms with van der Waals surface area (Å²) in [4.78, 5) is 16.7. The van der Waals surface area contributed by atoms with Gasteiger partial charge in [0.05, 0.1) is 5.02 Å². The van der Waals surface area contributed by atoms with Crippen LogP contribution in [0.2, 0.25) is 5.02 Å². The third-order valence-electron chi connectivity index (χ3n) is 0.852. The van der Waals surface area contributed by atoms with Crippen molar-refractivity contribution in [2.24, 2.45) is 0 Å². The number of hydrogen-bond donors (Lipinski definition) is 3. The lowest BCUT2D eigenvalue weighted by Crippen LogP contribution is -1.62. The first-order valence-corrected chi connectivity index (χ1v) is 3.53. The summed E-state index contributed by atoms with van der Waals surface area (Å²) in [5, 5.41) is 20.0. The van der Waals surface area contributed by atoms with E-state index in [4.69, 9.17) is 37.1 Å². The molecule has 14 heavy (non-hydrogen) atoms. The van der Waals surface area contributed by atoms with Gasteiger partial charge in [-0.2, -0.15) is 0 Å². The zero-order valence-corrected chi connectivity index (χ0v) is 7.71. The molecule has 1 aromatic carbocycles. The maximum atomic E-state index is 8.79. The lowest BCUT2D eigenvalue weighted by atomic mass is 10.3. The van der Waals surface area contributed by atoms with Gasteiger partial charge in [0.2, 0.25) is 12.2 Å². The van der Waals surface area contributed by atoms with Crippen LogP contribution in [0.3, 0.4) is 0 Å². The zero-order chi connectivity index (χ0) is 11.4. The molecule has 0 bridgehead atoms. The van der Waals surface area contributed by atoms with E-state index in [0.717, 1.165) is 12.2 Å². The van der Waals surface area contributed by atoms with Gasteiger partial charge in [0, 0.05) is 0 Å². The van der Waals surface area contributed by atoms with Gasteiger partial charge in [-0.1, -0.05) is 23.7 Å². The second-order valence-corrected chi connectivity index (χ2v) is 2.06. The van der Waals surface area contributed by atoms with Crippen LogP contribution in [-0.2, 0) is 9.59 Å². The summed E-state index contributed by atoms with van der Waals surface area (Å²) in [6, 6.07) is 6.67. The van der Waals surface area contributed by atoms with E-state index in [2.05, 4.69) is 0 Å². The average molecular weight is 215 g/mol. The Morgan fingerprint density at radius 1 is 1.14 bits per heavy atom. The number of carbonyl (C=O) groups excluding carboxylic acids is 2. The number of phenolic OH excluding ortho intramolecular Hbond substituents is 1. The minimum Gasteiger partial charge on any atom is -0.506 e. The van der Waals surface area contributed by atoms with E-state index in [1.165, 1.54) is 0 Å². The Hall–Kier alpha value is -1.93. The van der Waals surface area contributed by atoms with Crippen molar-refractivity contribution in [3.05, 3.63) is 29.3 Å². The first-order chi connectivity index (χ1) is 6.63. The van der Waals surface area contributed by atoms with Crippen LogP contribution in [0.5, 0.6) is 5.75 Å². The fourth-order valence-electron chi connectivity index (χ4n) is 0.452. The topological polar surface area (TPSA) is 102 Å². The summed E-state index contributed by atoms with van der Waals surface area (Å²) in [7, 11) is 0. The van der Waals surface area contributed by atoms with Gasteiger partial charge in [0.15, 0.2) is 0 Å². The molecule has 0 unspecified atom stereocenters. The SMILES string of the molecule is N=C=O.N=C=O.Oc1ccccc1Cl. The largest absolute Gasteiger partial charge is 0.506 e. The van der Waals surface area contributed by atoms with E-state index in [0.29, 0.717) is 5.02 Å². The van der Waals surface area contributed by atoms with Crippen molar-refractivity contribution in [1.82, 2.24) is 0 Å². The Labute approximate surface area is 85.0 Å². The molecule has 6 heteroatoms. The molecule has 1 aromatic rings. The predicted molar refractivity (Wildman–Crippen MR) is 49.9 cm³/mol. The minimum atomic E-state index is 0.133. The predicted octanol–water partition coefficient (Wildman–Crippen LogP) is 1.85. The van der Waals surface area contributed by atoms with Gasteiger partial charge < -0.3 is 5.11 Å². The molecular formula is C8H7ClN2O3. The van der Waals surface area contributed by atoms with Gasteiger partial charge >= 0.3 is 0 Å². The Kier molecular flexibility index (Phi) is 11.5. The second-order valence-electron chi connectivity index (χ2n) is 1.66. The van der Waals surface area contributed by atoms with Crippen LogP contribution < -0.4 is 0 Å². The Balaban J connectivity index is 0. The molecule has 0 fully saturated rings. The van der Waals surface area contributed by atoms with Crippen LogP contribution in [0.25, 0.3) is 0 Å². The van der Waals surface area contributed by atoms with Gasteiger partial charge in [-0.15, -0.1) is 0 Å². The maximum Gasteiger partial charge on any atom is 0.231 e. The fraction of sp³-hybridized carbons (Fsp3) is 0. The first kappa shape index (κ1) is 14.6. The molecule has 0 aliphatic heterocycles. The molecule has 0 spiro atoms. The molecule has 0 saturated carbocycles. The molecule has 1 rings (SSSR count). The van der Waals surface area contributed by atoms with Crippen molar-refractivity contribution in [2.75, 3.05) is 0 Å². The van der Waals surface area contributed by atoms with Crippen LogP contribution in [-0.4, -0.2) is 17.3 Å². The number of hydrogen-bond acceptors (Lipinski definition) is 5. The number of aromatic hydroxyl groups is 1. The molecule has 0 aliphatic carbocycles. The normalized spacial score (nSPS) is 6.36. The van der Waals surface area contributed by atoms with Crippen LogP contribution in [0.1, 0.15) is 0 Å². The first-order valence-electron chi connectivity index (χ1n) is 3.15. The Bertz CT molecular complexity index is 296. The molecule has 0 heterocycles. The lowest BCUT2D eigenvalue weighted by molar-refractivity contribution is 0.475. The van der Waals surface area contributed by atoms with Gasteiger partial charge in [0.25, 0.3) is 0 Å². The van der Waals surface area contributed by atoms with E-state index < -0.39 is 0 Å². The van der Waals surface area contributed by atoms with Crippen molar-refractivity contribution in [3.8, 4) is 5.75 Å². The van der Waals surface area contributed by atoms with Crippen molar-refractivity contribution >= 4 is 23.8 Å². The highest BCUT2D eigenvalue weighted by atomic mass is 35.5. The molecule has 5 nitrogen and oxygen atoms in total. The second kappa shape index (κ2) is 11.1.